The smallest absolute Gasteiger partial charge is 0.381 e. The first-order chi connectivity index (χ1) is 5.77. The quantitative estimate of drug-likeness (QED) is 0.573. The van der Waals surface area contributed by atoms with Crippen LogP contribution >= 0.6 is 0 Å². The van der Waals surface area contributed by atoms with Crippen LogP contribution in [0.1, 0.15) is 12.8 Å². The lowest BCUT2D eigenvalue weighted by Gasteiger charge is -2.29. The number of nitrogens with zero attached hydrogens (tertiary/aromatic N) is 1. The minimum atomic E-state index is -0.454. The van der Waals surface area contributed by atoms with Gasteiger partial charge in [0.1, 0.15) is 0 Å². The van der Waals surface area contributed by atoms with Crippen molar-refractivity contribution in [1.82, 2.24) is 4.90 Å². The van der Waals surface area contributed by atoms with E-state index in [2.05, 4.69) is 4.84 Å². The number of hydrogen-bond donors (Lipinski definition) is 1. The second-order valence-corrected chi connectivity index (χ2v) is 2.81. The topological polar surface area (TPSA) is 64.8 Å². The van der Waals surface area contributed by atoms with Crippen molar-refractivity contribution in [2.45, 2.75) is 18.9 Å². The van der Waals surface area contributed by atoms with Gasteiger partial charge in [0.25, 0.3) is 0 Å². The van der Waals surface area contributed by atoms with Crippen LogP contribution in [-0.2, 0) is 9.57 Å². The Balaban J connectivity index is 2.30. The molecule has 0 atom stereocenters. The van der Waals surface area contributed by atoms with E-state index in [9.17, 15) is 4.79 Å². The van der Waals surface area contributed by atoms with Crippen LogP contribution in [0.4, 0.5) is 4.79 Å². The molecule has 1 heterocycles. The first-order valence-electron chi connectivity index (χ1n) is 3.96. The minimum absolute atomic E-state index is 0.270. The van der Waals surface area contributed by atoms with Crippen LogP contribution in [-0.4, -0.2) is 37.3 Å². The Morgan fingerprint density at radius 3 is 2.50 bits per heavy atom. The van der Waals surface area contributed by atoms with E-state index in [4.69, 9.17) is 10.6 Å². The molecule has 1 rings (SSSR count). The number of methoxy groups -OCH3 is 1. The lowest BCUT2D eigenvalue weighted by molar-refractivity contribution is 0.0333. The van der Waals surface area contributed by atoms with Gasteiger partial charge in [-0.25, -0.2) is 4.79 Å². The zero-order valence-electron chi connectivity index (χ0n) is 7.16. The van der Waals surface area contributed by atoms with Gasteiger partial charge in [0.2, 0.25) is 0 Å². The van der Waals surface area contributed by atoms with Crippen LogP contribution in [0.3, 0.4) is 0 Å². The average molecular weight is 174 g/mol. The first kappa shape index (κ1) is 9.28. The van der Waals surface area contributed by atoms with E-state index in [0.717, 1.165) is 12.8 Å². The third-order valence-electron chi connectivity index (χ3n) is 2.13. The Hall–Kier alpha value is -0.810. The van der Waals surface area contributed by atoms with Crippen molar-refractivity contribution in [2.75, 3.05) is 20.2 Å². The Bertz CT molecular complexity index is 155. The fraction of sp³-hybridized carbons (Fsp3) is 0.857. The molecule has 0 aromatic rings. The van der Waals surface area contributed by atoms with Crippen molar-refractivity contribution in [1.29, 1.82) is 0 Å². The standard InChI is InChI=1S/C7H14N2O3/c1-11-6-2-4-9(5-3-6)7(10)12-8/h6H,2-5,8H2,1H3. The number of likely N-dealkylation sites (tertiary alicyclic amines) is 1. The van der Waals surface area contributed by atoms with Crippen LogP contribution < -0.4 is 5.90 Å². The minimum Gasteiger partial charge on any atom is -0.381 e. The van der Waals surface area contributed by atoms with Crippen molar-refractivity contribution < 1.29 is 14.4 Å². The predicted molar refractivity (Wildman–Crippen MR) is 42.3 cm³/mol. The van der Waals surface area contributed by atoms with E-state index in [1.165, 1.54) is 0 Å². The van der Waals surface area contributed by atoms with E-state index in [1.807, 2.05) is 0 Å². The molecule has 0 spiro atoms. The third kappa shape index (κ3) is 2.09. The van der Waals surface area contributed by atoms with Gasteiger partial charge in [-0.3, -0.25) is 0 Å². The molecule has 0 aromatic carbocycles. The average Bonchev–Trinajstić information content (AvgIpc) is 2.17. The van der Waals surface area contributed by atoms with Crippen molar-refractivity contribution in [3.63, 3.8) is 0 Å². The number of nitrogens with two attached hydrogens (primary N) is 1. The van der Waals surface area contributed by atoms with E-state index >= 15 is 0 Å². The highest BCUT2D eigenvalue weighted by atomic mass is 16.7. The van der Waals surface area contributed by atoms with Crippen molar-refractivity contribution in [3.05, 3.63) is 0 Å². The molecule has 70 valence electrons. The van der Waals surface area contributed by atoms with E-state index in [-0.39, 0.29) is 6.10 Å². The molecule has 2 N–H and O–H groups in total. The summed E-state index contributed by atoms with van der Waals surface area (Å²) in [5.74, 6) is 4.75. The van der Waals surface area contributed by atoms with Gasteiger partial charge < -0.3 is 14.5 Å². The first-order valence-corrected chi connectivity index (χ1v) is 3.96. The maximum atomic E-state index is 10.9. The number of carbonyl (C=O) groups is 1. The Kier molecular flexibility index (Phi) is 3.31. The van der Waals surface area contributed by atoms with E-state index in [0.29, 0.717) is 13.1 Å². The number of piperidine rings is 1. The highest BCUT2D eigenvalue weighted by Crippen LogP contribution is 2.12. The SMILES string of the molecule is COC1CCN(C(=O)ON)CC1. The summed E-state index contributed by atoms with van der Waals surface area (Å²) in [6.45, 7) is 1.32. The summed E-state index contributed by atoms with van der Waals surface area (Å²) in [6.07, 6.45) is 1.52. The molecule has 1 amide bonds. The molecular weight excluding hydrogens is 160 g/mol. The number of hydrogen-bond acceptors (Lipinski definition) is 4. The molecule has 0 aliphatic carbocycles. The molecule has 0 bridgehead atoms. The lowest BCUT2D eigenvalue weighted by atomic mass is 10.1. The fourth-order valence-corrected chi connectivity index (χ4v) is 1.35. The van der Waals surface area contributed by atoms with Crippen LogP contribution in [0.15, 0.2) is 0 Å². The summed E-state index contributed by atoms with van der Waals surface area (Å²) in [4.78, 5) is 16.6. The zero-order chi connectivity index (χ0) is 8.97. The highest BCUT2D eigenvalue weighted by Gasteiger charge is 2.22. The summed E-state index contributed by atoms with van der Waals surface area (Å²) < 4.78 is 5.14. The Labute approximate surface area is 71.4 Å². The lowest BCUT2D eigenvalue weighted by Crippen LogP contribution is -2.41. The largest absolute Gasteiger partial charge is 0.428 e. The van der Waals surface area contributed by atoms with Crippen molar-refractivity contribution in [3.8, 4) is 0 Å². The predicted octanol–water partition coefficient (Wildman–Crippen LogP) is 0.107. The van der Waals surface area contributed by atoms with E-state index in [1.54, 1.807) is 12.0 Å². The summed E-state index contributed by atoms with van der Waals surface area (Å²) in [6, 6.07) is 0. The van der Waals surface area contributed by atoms with Gasteiger partial charge in [-0.1, -0.05) is 0 Å². The van der Waals surface area contributed by atoms with Crippen LogP contribution in [0.25, 0.3) is 0 Å². The van der Waals surface area contributed by atoms with Gasteiger partial charge in [0, 0.05) is 20.2 Å². The highest BCUT2D eigenvalue weighted by molar-refractivity contribution is 5.67. The summed E-state index contributed by atoms with van der Waals surface area (Å²) in [7, 11) is 1.68. The molecule has 1 saturated heterocycles. The Morgan fingerprint density at radius 1 is 1.50 bits per heavy atom. The molecule has 12 heavy (non-hydrogen) atoms. The molecule has 0 saturated carbocycles. The summed E-state index contributed by atoms with van der Waals surface area (Å²) in [5.41, 5.74) is 0. The summed E-state index contributed by atoms with van der Waals surface area (Å²) in [5, 5.41) is 0. The van der Waals surface area contributed by atoms with Crippen LogP contribution in [0.2, 0.25) is 0 Å². The van der Waals surface area contributed by atoms with Crippen LogP contribution in [0.5, 0.6) is 0 Å². The van der Waals surface area contributed by atoms with Crippen molar-refractivity contribution in [2.24, 2.45) is 5.90 Å². The van der Waals surface area contributed by atoms with E-state index < -0.39 is 6.09 Å². The van der Waals surface area contributed by atoms with Crippen molar-refractivity contribution >= 4 is 6.09 Å². The number of amides is 1. The number of carbonyl (C=O) groups excluding carboxylic acids is 1. The molecule has 0 unspecified atom stereocenters. The molecule has 5 heteroatoms. The second-order valence-electron chi connectivity index (χ2n) is 2.81. The maximum absolute atomic E-state index is 10.9. The second kappa shape index (κ2) is 4.27. The number of rotatable bonds is 1. The molecule has 1 aliphatic heterocycles. The summed E-state index contributed by atoms with van der Waals surface area (Å²) >= 11 is 0. The molecule has 0 radical (unpaired) electrons. The van der Waals surface area contributed by atoms with Gasteiger partial charge >= 0.3 is 6.09 Å². The number of ether oxygens (including phenoxy) is 1. The molecule has 5 nitrogen and oxygen atoms in total. The third-order valence-corrected chi connectivity index (χ3v) is 2.13. The van der Waals surface area contributed by atoms with Gasteiger partial charge in [-0.2, -0.15) is 5.90 Å². The van der Waals surface area contributed by atoms with Gasteiger partial charge in [0.15, 0.2) is 0 Å². The zero-order valence-corrected chi connectivity index (χ0v) is 7.16. The fourth-order valence-electron chi connectivity index (χ4n) is 1.35. The maximum Gasteiger partial charge on any atom is 0.428 e. The molecular formula is C7H14N2O3. The normalized spacial score (nSPS) is 19.3. The van der Waals surface area contributed by atoms with Crippen LogP contribution in [0, 0.1) is 0 Å². The van der Waals surface area contributed by atoms with Gasteiger partial charge in [0.05, 0.1) is 6.10 Å². The van der Waals surface area contributed by atoms with Gasteiger partial charge in [-0.15, -0.1) is 0 Å². The monoisotopic (exact) mass is 174 g/mol. The molecule has 0 aromatic heterocycles. The Morgan fingerprint density at radius 2 is 2.08 bits per heavy atom. The molecule has 1 aliphatic rings. The van der Waals surface area contributed by atoms with Gasteiger partial charge in [-0.05, 0) is 12.8 Å². The molecule has 1 fully saturated rings.